The molecule has 6 nitrogen and oxygen atoms in total. The van der Waals surface area contributed by atoms with Gasteiger partial charge >= 0.3 is 0 Å². The number of hydrogen-bond donors (Lipinski definition) is 0. The number of aromatic nitrogens is 1. The molecule has 1 aromatic rings. The van der Waals surface area contributed by atoms with Crippen LogP contribution in [0.4, 0.5) is 0 Å². The molecule has 0 spiro atoms. The van der Waals surface area contributed by atoms with Gasteiger partial charge < -0.3 is 15.0 Å². The Hall–Kier alpha value is -2.11. The Morgan fingerprint density at radius 1 is 1.04 bits per heavy atom. The van der Waals surface area contributed by atoms with Gasteiger partial charge in [0.15, 0.2) is 12.4 Å². The molecular weight excluding hydrogens is 306 g/mol. The van der Waals surface area contributed by atoms with Gasteiger partial charge in [-0.05, 0) is 12.3 Å². The second kappa shape index (κ2) is 7.64. The molecule has 0 unspecified atom stereocenters. The van der Waals surface area contributed by atoms with E-state index in [1.165, 1.54) is 50.2 Å². The van der Waals surface area contributed by atoms with Crippen molar-refractivity contribution in [1.82, 2.24) is 9.80 Å². The summed E-state index contributed by atoms with van der Waals surface area (Å²) in [5.41, 5.74) is 0.517. The van der Waals surface area contributed by atoms with Crippen molar-refractivity contribution in [2.24, 2.45) is 5.92 Å². The van der Waals surface area contributed by atoms with Gasteiger partial charge in [0.25, 0.3) is 5.91 Å². The van der Waals surface area contributed by atoms with Gasteiger partial charge in [0.2, 0.25) is 5.91 Å². The Balaban J connectivity index is 1.45. The quantitative estimate of drug-likeness (QED) is 0.621. The summed E-state index contributed by atoms with van der Waals surface area (Å²) < 4.78 is 0.664. The number of hydrogen-bond acceptors (Lipinski definition) is 3. The van der Waals surface area contributed by atoms with E-state index in [1.807, 2.05) is 4.90 Å². The van der Waals surface area contributed by atoms with E-state index in [1.54, 1.807) is 4.90 Å². The van der Waals surface area contributed by atoms with Crippen LogP contribution in [0.1, 0.15) is 48.9 Å². The Kier molecular flexibility index (Phi) is 5.33. The largest absolute Gasteiger partial charge is 0.619 e. The maximum Gasteiger partial charge on any atom is 0.254 e. The Morgan fingerprint density at radius 2 is 1.62 bits per heavy atom. The van der Waals surface area contributed by atoms with Crippen LogP contribution in [-0.2, 0) is 4.79 Å². The Bertz CT molecular complexity index is 574. The van der Waals surface area contributed by atoms with E-state index < -0.39 is 0 Å². The van der Waals surface area contributed by atoms with E-state index in [4.69, 9.17) is 0 Å². The van der Waals surface area contributed by atoms with Crippen molar-refractivity contribution in [3.05, 3.63) is 35.3 Å². The van der Waals surface area contributed by atoms with Crippen LogP contribution in [0.25, 0.3) is 0 Å². The number of pyridine rings is 1. The van der Waals surface area contributed by atoms with E-state index in [0.717, 1.165) is 12.3 Å². The first-order valence-corrected chi connectivity index (χ1v) is 8.89. The SMILES string of the molecule is O=C(CCC1CCCC1)N1CCN(C(=O)c2cc[n+]([O-])cc2)CC1. The zero-order chi connectivity index (χ0) is 16.9. The minimum atomic E-state index is -0.0753. The van der Waals surface area contributed by atoms with Crippen LogP contribution in [0.5, 0.6) is 0 Å². The van der Waals surface area contributed by atoms with Crippen LogP contribution < -0.4 is 4.73 Å². The van der Waals surface area contributed by atoms with Crippen molar-refractivity contribution >= 4 is 11.8 Å². The average Bonchev–Trinajstić information content (AvgIpc) is 3.13. The van der Waals surface area contributed by atoms with Gasteiger partial charge in [0, 0.05) is 44.7 Å². The molecule has 1 saturated carbocycles. The fraction of sp³-hybridized carbons (Fsp3) is 0.611. The monoisotopic (exact) mass is 331 g/mol. The molecule has 130 valence electrons. The molecule has 2 amide bonds. The molecule has 24 heavy (non-hydrogen) atoms. The third-order valence-electron chi connectivity index (χ3n) is 5.21. The maximum atomic E-state index is 12.4. The lowest BCUT2D eigenvalue weighted by atomic mass is 10.0. The van der Waals surface area contributed by atoms with Gasteiger partial charge in [0.1, 0.15) is 0 Å². The normalized spacial score (nSPS) is 18.8. The van der Waals surface area contributed by atoms with Gasteiger partial charge in [-0.1, -0.05) is 25.7 Å². The molecular formula is C18H25N3O3. The Labute approximate surface area is 142 Å². The molecule has 0 N–H and O–H groups in total. The van der Waals surface area contributed by atoms with E-state index >= 15 is 0 Å². The summed E-state index contributed by atoms with van der Waals surface area (Å²) in [6, 6.07) is 3.07. The molecule has 0 radical (unpaired) electrons. The fourth-order valence-electron chi connectivity index (χ4n) is 3.68. The highest BCUT2D eigenvalue weighted by Crippen LogP contribution is 2.28. The van der Waals surface area contributed by atoms with E-state index in [2.05, 4.69) is 0 Å². The van der Waals surface area contributed by atoms with Crippen molar-refractivity contribution in [3.8, 4) is 0 Å². The molecule has 0 bridgehead atoms. The summed E-state index contributed by atoms with van der Waals surface area (Å²) >= 11 is 0. The van der Waals surface area contributed by atoms with Crippen LogP contribution in [0.2, 0.25) is 0 Å². The van der Waals surface area contributed by atoms with Crippen molar-refractivity contribution in [1.29, 1.82) is 0 Å². The predicted molar refractivity (Wildman–Crippen MR) is 89.1 cm³/mol. The molecule has 2 heterocycles. The molecule has 1 aromatic heterocycles. The third kappa shape index (κ3) is 4.04. The first-order valence-electron chi connectivity index (χ1n) is 8.89. The minimum Gasteiger partial charge on any atom is -0.619 e. The number of carbonyl (C=O) groups excluding carboxylic acids is 2. The molecule has 2 fully saturated rings. The van der Waals surface area contributed by atoms with Crippen LogP contribution >= 0.6 is 0 Å². The lowest BCUT2D eigenvalue weighted by Crippen LogP contribution is -2.50. The van der Waals surface area contributed by atoms with Crippen molar-refractivity contribution in [2.45, 2.75) is 38.5 Å². The summed E-state index contributed by atoms with van der Waals surface area (Å²) in [6.07, 6.45) is 9.48. The number of amides is 2. The summed E-state index contributed by atoms with van der Waals surface area (Å²) in [6.45, 7) is 2.31. The van der Waals surface area contributed by atoms with E-state index in [9.17, 15) is 14.8 Å². The first-order chi connectivity index (χ1) is 11.6. The summed E-state index contributed by atoms with van der Waals surface area (Å²) in [7, 11) is 0. The van der Waals surface area contributed by atoms with Crippen LogP contribution in [-0.4, -0.2) is 47.8 Å². The zero-order valence-electron chi connectivity index (χ0n) is 14.0. The van der Waals surface area contributed by atoms with Crippen LogP contribution in [0.15, 0.2) is 24.5 Å². The van der Waals surface area contributed by atoms with Gasteiger partial charge in [-0.15, -0.1) is 0 Å². The second-order valence-electron chi connectivity index (χ2n) is 6.81. The zero-order valence-corrected chi connectivity index (χ0v) is 14.0. The van der Waals surface area contributed by atoms with Crippen molar-refractivity contribution in [3.63, 3.8) is 0 Å². The molecule has 0 aromatic carbocycles. The second-order valence-corrected chi connectivity index (χ2v) is 6.81. The lowest BCUT2D eigenvalue weighted by Gasteiger charge is -2.35. The van der Waals surface area contributed by atoms with Crippen LogP contribution in [0.3, 0.4) is 0 Å². The topological polar surface area (TPSA) is 67.6 Å². The fourth-order valence-corrected chi connectivity index (χ4v) is 3.68. The molecule has 1 aliphatic heterocycles. The smallest absolute Gasteiger partial charge is 0.254 e. The highest BCUT2D eigenvalue weighted by molar-refractivity contribution is 5.94. The summed E-state index contributed by atoms with van der Waals surface area (Å²) in [4.78, 5) is 28.4. The number of carbonyl (C=O) groups is 2. The molecule has 2 aliphatic rings. The number of rotatable bonds is 4. The third-order valence-corrected chi connectivity index (χ3v) is 5.21. The van der Waals surface area contributed by atoms with Crippen molar-refractivity contribution in [2.75, 3.05) is 26.2 Å². The highest BCUT2D eigenvalue weighted by atomic mass is 16.5. The Morgan fingerprint density at radius 3 is 2.25 bits per heavy atom. The standard InChI is InChI=1S/C18H25N3O3/c22-17(6-5-15-3-1-2-4-15)19-11-13-20(14-12-19)18(23)16-7-9-21(24)10-8-16/h7-10,15H,1-6,11-14H2. The summed E-state index contributed by atoms with van der Waals surface area (Å²) in [5, 5.41) is 11.0. The average molecular weight is 331 g/mol. The molecule has 3 rings (SSSR count). The van der Waals surface area contributed by atoms with E-state index in [-0.39, 0.29) is 11.8 Å². The maximum absolute atomic E-state index is 12.4. The molecule has 6 heteroatoms. The van der Waals surface area contributed by atoms with Gasteiger partial charge in [-0.25, -0.2) is 0 Å². The lowest BCUT2D eigenvalue weighted by molar-refractivity contribution is -0.605. The van der Waals surface area contributed by atoms with Gasteiger partial charge in [-0.2, -0.15) is 4.73 Å². The van der Waals surface area contributed by atoms with Crippen molar-refractivity contribution < 1.29 is 14.3 Å². The van der Waals surface area contributed by atoms with Gasteiger partial charge in [-0.3, -0.25) is 9.59 Å². The number of piperazine rings is 1. The minimum absolute atomic E-state index is 0.0753. The predicted octanol–water partition coefficient (Wildman–Crippen LogP) is 1.57. The summed E-state index contributed by atoms with van der Waals surface area (Å²) in [5.74, 6) is 0.883. The van der Waals surface area contributed by atoms with Crippen LogP contribution in [0, 0.1) is 11.1 Å². The highest BCUT2D eigenvalue weighted by Gasteiger charge is 2.25. The number of nitrogens with zero attached hydrogens (tertiary/aromatic N) is 3. The van der Waals surface area contributed by atoms with Gasteiger partial charge in [0.05, 0.1) is 5.56 Å². The van der Waals surface area contributed by atoms with E-state index in [0.29, 0.717) is 42.9 Å². The molecule has 0 atom stereocenters. The molecule has 1 saturated heterocycles. The molecule has 1 aliphatic carbocycles. The first kappa shape index (κ1) is 16.7.